The highest BCUT2D eigenvalue weighted by molar-refractivity contribution is 8.00. The number of hydrogen-bond donors (Lipinski definition) is 3. The third kappa shape index (κ3) is 11.6. The number of thioether (sulfide) groups is 1. The molecule has 4 N–H and O–H groups in total. The summed E-state index contributed by atoms with van der Waals surface area (Å²) >= 11 is 2.92. The van der Waals surface area contributed by atoms with Crippen LogP contribution in [-0.2, 0) is 29.2 Å². The standard InChI is InChI=1S/C11H16N4OS2.C9H7F3OS.CH3NO/c1-12-11-14-8(6-17-11)10-7(4-15(2)3)13-9(5-16)18-10;10-9(11,12)14-8-3-1-7(2-4-8)5-6-13;2-1-3/h6,16H,4-5H2,1-3H3,(H,12,14);1-4,6H,5H2;1H,(H2,2,3). The molecule has 2 aromatic heterocycles. The van der Waals surface area contributed by atoms with E-state index in [1.165, 1.54) is 35.6 Å². The minimum Gasteiger partial charge on any atom is -0.389 e. The Kier molecular flexibility index (Phi) is 13.5. The van der Waals surface area contributed by atoms with Gasteiger partial charge in [0, 0.05) is 30.3 Å². The van der Waals surface area contributed by atoms with E-state index >= 15 is 0 Å². The van der Waals surface area contributed by atoms with Crippen LogP contribution in [-0.4, -0.2) is 59.3 Å². The molecule has 1 aromatic carbocycles. The summed E-state index contributed by atoms with van der Waals surface area (Å²) in [5.41, 5.74) is 2.53. The molecule has 1 amide bonds. The van der Waals surface area contributed by atoms with Gasteiger partial charge in [-0.2, -0.15) is 13.2 Å². The second-order valence-corrected chi connectivity index (χ2v) is 9.85. The van der Waals surface area contributed by atoms with Crippen LogP contribution in [0, 0.1) is 0 Å². The molecule has 0 aliphatic rings. The molecule has 3 rings (SSSR count). The Morgan fingerprint density at radius 3 is 2.29 bits per heavy atom. The Balaban J connectivity index is 0.000000323. The normalized spacial score (nSPS) is 10.6. The highest BCUT2D eigenvalue weighted by Crippen LogP contribution is 2.36. The zero-order valence-electron chi connectivity index (χ0n) is 19.2. The summed E-state index contributed by atoms with van der Waals surface area (Å²) in [7, 11) is 5.86. The van der Waals surface area contributed by atoms with Crippen LogP contribution < -0.4 is 11.1 Å². The van der Waals surface area contributed by atoms with Crippen LogP contribution in [0.3, 0.4) is 0 Å². The molecule has 0 fully saturated rings. The van der Waals surface area contributed by atoms with Gasteiger partial charge < -0.3 is 25.9 Å². The SMILES string of the molecule is CNc1nc(-c2sc(CO)nc2CN(C)C)cs1.NC=O.O=CCc1ccc(SC(F)(F)F)cc1. The first-order valence-electron chi connectivity index (χ1n) is 9.88. The van der Waals surface area contributed by atoms with Crippen LogP contribution in [0.15, 0.2) is 34.5 Å². The van der Waals surface area contributed by atoms with Crippen molar-refractivity contribution in [3.05, 3.63) is 45.9 Å². The zero-order valence-corrected chi connectivity index (χ0v) is 21.7. The number of aliphatic hydroxyl groups excluding tert-OH is 1. The molecule has 0 saturated carbocycles. The van der Waals surface area contributed by atoms with E-state index in [1.54, 1.807) is 11.3 Å². The Hall–Kier alpha value is -2.52. The van der Waals surface area contributed by atoms with E-state index in [0.717, 1.165) is 32.9 Å². The topological polar surface area (TPSA) is 121 Å². The summed E-state index contributed by atoms with van der Waals surface area (Å²) in [4.78, 5) is 30.9. The van der Waals surface area contributed by atoms with Crippen LogP contribution in [0.2, 0.25) is 0 Å². The number of carbonyl (C=O) groups excluding carboxylic acids is 2. The summed E-state index contributed by atoms with van der Waals surface area (Å²) in [5.74, 6) is 0. The van der Waals surface area contributed by atoms with Crippen LogP contribution in [0.4, 0.5) is 18.3 Å². The molecule has 192 valence electrons. The van der Waals surface area contributed by atoms with E-state index in [9.17, 15) is 23.1 Å². The van der Waals surface area contributed by atoms with Crippen LogP contribution in [0.1, 0.15) is 16.3 Å². The number of carbonyl (C=O) groups is 2. The molecular weight excluding hydrogens is 523 g/mol. The number of aldehydes is 1. The first kappa shape index (κ1) is 30.5. The van der Waals surface area contributed by atoms with Crippen molar-refractivity contribution in [2.75, 3.05) is 26.5 Å². The molecule has 35 heavy (non-hydrogen) atoms. The van der Waals surface area contributed by atoms with E-state index in [-0.39, 0.29) is 36.1 Å². The van der Waals surface area contributed by atoms with Gasteiger partial charge in [-0.1, -0.05) is 12.1 Å². The quantitative estimate of drug-likeness (QED) is 0.285. The first-order chi connectivity index (χ1) is 16.6. The van der Waals surface area contributed by atoms with Crippen molar-refractivity contribution in [3.63, 3.8) is 0 Å². The number of nitrogens with one attached hydrogen (secondary N) is 1. The molecule has 0 unspecified atom stereocenters. The predicted molar refractivity (Wildman–Crippen MR) is 134 cm³/mol. The van der Waals surface area contributed by atoms with Crippen molar-refractivity contribution in [3.8, 4) is 10.6 Å². The Morgan fingerprint density at radius 2 is 1.83 bits per heavy atom. The van der Waals surface area contributed by atoms with E-state index < -0.39 is 5.51 Å². The largest absolute Gasteiger partial charge is 0.446 e. The summed E-state index contributed by atoms with van der Waals surface area (Å²) in [6.07, 6.45) is 1.20. The monoisotopic (exact) mass is 549 g/mol. The number of anilines is 1. The molecule has 14 heteroatoms. The van der Waals surface area contributed by atoms with Crippen LogP contribution in [0.25, 0.3) is 10.6 Å². The van der Waals surface area contributed by atoms with E-state index in [2.05, 4.69) is 25.9 Å². The van der Waals surface area contributed by atoms with Gasteiger partial charge in [-0.05, 0) is 43.6 Å². The molecule has 8 nitrogen and oxygen atoms in total. The number of benzene rings is 1. The fourth-order valence-corrected chi connectivity index (χ4v) is 4.66. The average molecular weight is 550 g/mol. The smallest absolute Gasteiger partial charge is 0.389 e. The van der Waals surface area contributed by atoms with Crippen molar-refractivity contribution in [1.82, 2.24) is 14.9 Å². The minimum atomic E-state index is -4.26. The molecule has 2 heterocycles. The summed E-state index contributed by atoms with van der Waals surface area (Å²) in [6, 6.07) is 5.75. The van der Waals surface area contributed by atoms with Gasteiger partial charge >= 0.3 is 5.51 Å². The maximum Gasteiger partial charge on any atom is 0.446 e. The number of alkyl halides is 3. The molecule has 0 bridgehead atoms. The first-order valence-corrected chi connectivity index (χ1v) is 12.4. The fraction of sp³-hybridized carbons (Fsp3) is 0.333. The van der Waals surface area contributed by atoms with Crippen molar-refractivity contribution in [2.24, 2.45) is 5.73 Å². The zero-order chi connectivity index (χ0) is 26.4. The predicted octanol–water partition coefficient (Wildman–Crippen LogP) is 4.00. The van der Waals surface area contributed by atoms with Crippen molar-refractivity contribution in [2.45, 2.75) is 30.0 Å². The molecular formula is C21H26F3N5O3S3. The molecule has 0 saturated heterocycles. The van der Waals surface area contributed by atoms with Crippen molar-refractivity contribution >= 4 is 52.3 Å². The fourth-order valence-electron chi connectivity index (χ4n) is 2.49. The van der Waals surface area contributed by atoms with Gasteiger partial charge in [-0.15, -0.1) is 22.7 Å². The Morgan fingerprint density at radius 1 is 1.20 bits per heavy atom. The minimum absolute atomic E-state index is 0.0197. The number of nitrogens with zero attached hydrogens (tertiary/aromatic N) is 3. The summed E-state index contributed by atoms with van der Waals surface area (Å²) in [5, 5.41) is 15.9. The lowest BCUT2D eigenvalue weighted by molar-refractivity contribution is -0.107. The Labute approximate surface area is 213 Å². The maximum absolute atomic E-state index is 11.9. The number of amides is 1. The second kappa shape index (κ2) is 15.5. The van der Waals surface area contributed by atoms with E-state index in [0.29, 0.717) is 11.8 Å². The summed E-state index contributed by atoms with van der Waals surface area (Å²) < 4.78 is 35.7. The van der Waals surface area contributed by atoms with Crippen molar-refractivity contribution < 1.29 is 27.9 Å². The number of hydrogen-bond acceptors (Lipinski definition) is 10. The number of primary amides is 1. The number of nitrogens with two attached hydrogens (primary N) is 1. The van der Waals surface area contributed by atoms with Crippen LogP contribution in [0.5, 0.6) is 0 Å². The maximum atomic E-state index is 11.9. The van der Waals surface area contributed by atoms with E-state index in [4.69, 9.17) is 4.79 Å². The molecule has 0 aliphatic heterocycles. The molecule has 0 spiro atoms. The van der Waals surface area contributed by atoms with E-state index in [1.807, 2.05) is 26.5 Å². The van der Waals surface area contributed by atoms with Gasteiger partial charge in [-0.25, -0.2) is 9.97 Å². The van der Waals surface area contributed by atoms with Crippen molar-refractivity contribution in [1.29, 1.82) is 0 Å². The number of thiazole rings is 2. The highest BCUT2D eigenvalue weighted by atomic mass is 32.2. The average Bonchev–Trinajstić information content (AvgIpc) is 3.41. The third-order valence-electron chi connectivity index (χ3n) is 3.77. The number of rotatable bonds is 8. The molecule has 3 aromatic rings. The Bertz CT molecular complexity index is 1040. The van der Waals surface area contributed by atoms with Gasteiger partial charge in [0.15, 0.2) is 5.13 Å². The number of aromatic nitrogens is 2. The summed E-state index contributed by atoms with van der Waals surface area (Å²) in [6.45, 7) is 0.729. The van der Waals surface area contributed by atoms with Gasteiger partial charge in [-0.3, -0.25) is 4.79 Å². The molecule has 0 aliphatic carbocycles. The van der Waals surface area contributed by atoms with Crippen LogP contribution >= 0.6 is 34.4 Å². The van der Waals surface area contributed by atoms with Gasteiger partial charge in [0.25, 0.3) is 0 Å². The molecule has 0 radical (unpaired) electrons. The number of aliphatic hydroxyl groups is 1. The van der Waals surface area contributed by atoms with Gasteiger partial charge in [0.2, 0.25) is 6.41 Å². The second-order valence-electron chi connectivity index (χ2n) is 6.77. The van der Waals surface area contributed by atoms with Gasteiger partial charge in [0.1, 0.15) is 11.3 Å². The lowest BCUT2D eigenvalue weighted by Crippen LogP contribution is -2.11. The lowest BCUT2D eigenvalue weighted by Gasteiger charge is -2.07. The number of halogens is 3. The molecule has 0 atom stereocenters. The highest BCUT2D eigenvalue weighted by Gasteiger charge is 2.28. The lowest BCUT2D eigenvalue weighted by atomic mass is 10.2. The van der Waals surface area contributed by atoms with Gasteiger partial charge in [0.05, 0.1) is 22.9 Å². The third-order valence-corrected chi connectivity index (χ3v) is 6.47.